The number of rotatable bonds is 8. The molecule has 1 heterocycles. The third-order valence-electron chi connectivity index (χ3n) is 6.47. The van der Waals surface area contributed by atoms with Crippen LogP contribution in [0.25, 0.3) is 10.9 Å². The van der Waals surface area contributed by atoms with Gasteiger partial charge in [-0.25, -0.2) is 14.6 Å². The quantitative estimate of drug-likeness (QED) is 0.227. The average molecular weight is 510 g/mol. The van der Waals surface area contributed by atoms with E-state index in [9.17, 15) is 19.2 Å². The summed E-state index contributed by atoms with van der Waals surface area (Å²) in [5.41, 5.74) is 5.18. The highest BCUT2D eigenvalue weighted by Gasteiger charge is 2.21. The predicted octanol–water partition coefficient (Wildman–Crippen LogP) is 5.55. The molecule has 7 nitrogen and oxygen atoms in total. The maximum atomic E-state index is 13.0. The van der Waals surface area contributed by atoms with Crippen molar-refractivity contribution in [2.24, 2.45) is 0 Å². The minimum Gasteiger partial charge on any atom is -0.454 e. The van der Waals surface area contributed by atoms with Crippen LogP contribution in [0.5, 0.6) is 0 Å². The Balaban J connectivity index is 1.50. The summed E-state index contributed by atoms with van der Waals surface area (Å²) in [6.07, 6.45) is 0. The summed E-state index contributed by atoms with van der Waals surface area (Å²) in [4.78, 5) is 55.2. The molecule has 0 aliphatic carbocycles. The van der Waals surface area contributed by atoms with Crippen LogP contribution in [0.4, 0.5) is 0 Å². The molecule has 0 amide bonds. The Kier molecular flexibility index (Phi) is 7.76. The monoisotopic (exact) mass is 509 g/mol. The highest BCUT2D eigenvalue weighted by molar-refractivity contribution is 6.07. The molecule has 192 valence electrons. The van der Waals surface area contributed by atoms with E-state index in [-0.39, 0.29) is 22.8 Å². The third kappa shape index (κ3) is 5.83. The molecule has 0 aliphatic rings. The van der Waals surface area contributed by atoms with Crippen LogP contribution in [-0.4, -0.2) is 41.7 Å². The molecule has 0 N–H and O–H groups in total. The summed E-state index contributed by atoms with van der Waals surface area (Å²) in [5.74, 6) is -2.33. The van der Waals surface area contributed by atoms with Crippen LogP contribution in [0.15, 0.2) is 66.7 Å². The molecule has 7 heteroatoms. The minimum absolute atomic E-state index is 0.0657. The number of fused-ring (bicyclic) bond motifs is 1. The van der Waals surface area contributed by atoms with E-state index in [1.807, 2.05) is 39.8 Å². The number of nitrogens with zero attached hydrogens (tertiary/aromatic N) is 1. The first-order chi connectivity index (χ1) is 18.1. The Hall–Kier alpha value is -4.65. The number of benzene rings is 3. The topological polar surface area (TPSA) is 99.6 Å². The Labute approximate surface area is 220 Å². The standard InChI is InChI=1S/C31H27NO6/c1-18-9-11-22(13-20(18)3)28(33)16-37-30(35)25-15-27(32-26-8-6-5-7-24(25)26)31(36)38-17-29(34)23-12-10-19(2)21(4)14-23/h5-15H,16-17H2,1-4H3. The summed E-state index contributed by atoms with van der Waals surface area (Å²) >= 11 is 0. The Bertz CT molecular complexity index is 1590. The first-order valence-electron chi connectivity index (χ1n) is 12.1. The second-order valence-electron chi connectivity index (χ2n) is 9.17. The molecule has 0 bridgehead atoms. The van der Waals surface area contributed by atoms with E-state index < -0.39 is 25.2 Å². The first kappa shape index (κ1) is 26.4. The number of carbonyl (C=O) groups excluding carboxylic acids is 4. The molecular formula is C31H27NO6. The number of carbonyl (C=O) groups is 4. The molecular weight excluding hydrogens is 482 g/mol. The fourth-order valence-electron chi connectivity index (χ4n) is 3.86. The fourth-order valence-corrected chi connectivity index (χ4v) is 3.86. The Morgan fingerprint density at radius 2 is 1.16 bits per heavy atom. The van der Waals surface area contributed by atoms with Crippen molar-refractivity contribution in [2.45, 2.75) is 27.7 Å². The highest BCUT2D eigenvalue weighted by atomic mass is 16.5. The molecule has 3 aromatic carbocycles. The summed E-state index contributed by atoms with van der Waals surface area (Å²) in [6.45, 7) is 6.75. The number of ether oxygens (including phenoxy) is 2. The Morgan fingerprint density at radius 1 is 0.632 bits per heavy atom. The van der Waals surface area contributed by atoms with Crippen LogP contribution >= 0.6 is 0 Å². The van der Waals surface area contributed by atoms with Crippen molar-refractivity contribution >= 4 is 34.4 Å². The average Bonchev–Trinajstić information content (AvgIpc) is 2.92. The number of Topliss-reactive ketones (excluding diaryl/α,β-unsaturated/α-hetero) is 2. The number of esters is 2. The van der Waals surface area contributed by atoms with Crippen molar-refractivity contribution in [3.63, 3.8) is 0 Å². The lowest BCUT2D eigenvalue weighted by molar-refractivity contribution is 0.0465. The van der Waals surface area contributed by atoms with Gasteiger partial charge >= 0.3 is 11.9 Å². The second kappa shape index (κ2) is 11.2. The molecule has 0 saturated heterocycles. The maximum Gasteiger partial charge on any atom is 0.357 e. The van der Waals surface area contributed by atoms with E-state index in [2.05, 4.69) is 4.98 Å². The number of hydrogen-bond acceptors (Lipinski definition) is 7. The van der Waals surface area contributed by atoms with Crippen LogP contribution in [0.3, 0.4) is 0 Å². The van der Waals surface area contributed by atoms with Gasteiger partial charge in [0.15, 0.2) is 24.8 Å². The van der Waals surface area contributed by atoms with Crippen LogP contribution < -0.4 is 0 Å². The molecule has 0 unspecified atom stereocenters. The largest absolute Gasteiger partial charge is 0.454 e. The van der Waals surface area contributed by atoms with Crippen molar-refractivity contribution in [1.82, 2.24) is 4.98 Å². The van der Waals surface area contributed by atoms with E-state index in [1.54, 1.807) is 48.5 Å². The van der Waals surface area contributed by atoms with Crippen LogP contribution in [0.2, 0.25) is 0 Å². The number of aryl methyl sites for hydroxylation is 4. The van der Waals surface area contributed by atoms with Crippen molar-refractivity contribution in [2.75, 3.05) is 13.2 Å². The molecule has 0 fully saturated rings. The van der Waals surface area contributed by atoms with Crippen LogP contribution in [-0.2, 0) is 9.47 Å². The van der Waals surface area contributed by atoms with Gasteiger partial charge in [0.05, 0.1) is 11.1 Å². The van der Waals surface area contributed by atoms with E-state index in [1.165, 1.54) is 6.07 Å². The summed E-state index contributed by atoms with van der Waals surface area (Å²) in [6, 6.07) is 18.5. The van der Waals surface area contributed by atoms with Gasteiger partial charge < -0.3 is 9.47 Å². The van der Waals surface area contributed by atoms with Crippen LogP contribution in [0, 0.1) is 27.7 Å². The van der Waals surface area contributed by atoms with Gasteiger partial charge in [-0.1, -0.05) is 42.5 Å². The van der Waals surface area contributed by atoms with Gasteiger partial charge in [0.2, 0.25) is 0 Å². The van der Waals surface area contributed by atoms with Gasteiger partial charge in [-0.15, -0.1) is 0 Å². The van der Waals surface area contributed by atoms with Gasteiger partial charge in [0.25, 0.3) is 0 Å². The number of hydrogen-bond donors (Lipinski definition) is 0. The predicted molar refractivity (Wildman–Crippen MR) is 143 cm³/mol. The zero-order valence-corrected chi connectivity index (χ0v) is 21.7. The van der Waals surface area contributed by atoms with E-state index in [0.717, 1.165) is 22.3 Å². The van der Waals surface area contributed by atoms with Crippen molar-refractivity contribution < 1.29 is 28.7 Å². The molecule has 0 saturated carbocycles. The fraction of sp³-hybridized carbons (Fsp3) is 0.194. The van der Waals surface area contributed by atoms with Crippen molar-refractivity contribution in [3.05, 3.63) is 111 Å². The Morgan fingerprint density at radius 3 is 1.71 bits per heavy atom. The van der Waals surface area contributed by atoms with Gasteiger partial charge in [0, 0.05) is 16.5 Å². The van der Waals surface area contributed by atoms with Gasteiger partial charge in [0.1, 0.15) is 5.69 Å². The molecule has 0 spiro atoms. The normalized spacial score (nSPS) is 10.7. The summed E-state index contributed by atoms with van der Waals surface area (Å²) < 4.78 is 10.5. The molecule has 0 aliphatic heterocycles. The lowest BCUT2D eigenvalue weighted by Gasteiger charge is -2.10. The van der Waals surface area contributed by atoms with Gasteiger partial charge in [-0.2, -0.15) is 0 Å². The molecule has 0 atom stereocenters. The van der Waals surface area contributed by atoms with Crippen molar-refractivity contribution in [1.29, 1.82) is 0 Å². The van der Waals surface area contributed by atoms with E-state index in [4.69, 9.17) is 9.47 Å². The van der Waals surface area contributed by atoms with Gasteiger partial charge in [-0.3, -0.25) is 9.59 Å². The highest BCUT2D eigenvalue weighted by Crippen LogP contribution is 2.21. The van der Waals surface area contributed by atoms with Crippen LogP contribution in [0.1, 0.15) is 63.8 Å². The molecule has 1 aromatic heterocycles. The maximum absolute atomic E-state index is 13.0. The molecule has 4 rings (SSSR count). The number of pyridine rings is 1. The zero-order valence-electron chi connectivity index (χ0n) is 21.7. The number of ketones is 2. The summed E-state index contributed by atoms with van der Waals surface area (Å²) in [5, 5.41) is 0.457. The SMILES string of the molecule is Cc1ccc(C(=O)COC(=O)c2cc(C(=O)OCC(=O)c3ccc(C)c(C)c3)c3ccccc3n2)cc1C. The lowest BCUT2D eigenvalue weighted by Crippen LogP contribution is -2.18. The smallest absolute Gasteiger partial charge is 0.357 e. The van der Waals surface area contributed by atoms with Gasteiger partial charge in [-0.05, 0) is 74.2 Å². The molecule has 4 aromatic rings. The van der Waals surface area contributed by atoms with E-state index >= 15 is 0 Å². The van der Waals surface area contributed by atoms with E-state index in [0.29, 0.717) is 22.0 Å². The van der Waals surface area contributed by atoms with Crippen molar-refractivity contribution in [3.8, 4) is 0 Å². The third-order valence-corrected chi connectivity index (χ3v) is 6.47. The second-order valence-corrected chi connectivity index (χ2v) is 9.17. The number of aromatic nitrogens is 1. The first-order valence-corrected chi connectivity index (χ1v) is 12.1. The summed E-state index contributed by atoms with van der Waals surface area (Å²) in [7, 11) is 0. The zero-order chi connectivity index (χ0) is 27.4. The lowest BCUT2D eigenvalue weighted by atomic mass is 10.0. The molecule has 0 radical (unpaired) electrons. The molecule has 38 heavy (non-hydrogen) atoms. The number of para-hydroxylation sites is 1. The minimum atomic E-state index is -0.854.